The maximum Gasteiger partial charge on any atom is 0.352 e. The molecular weight excluding hydrogens is 588 g/mol. The van der Waals surface area contributed by atoms with Gasteiger partial charge in [0.25, 0.3) is 5.91 Å². The van der Waals surface area contributed by atoms with Gasteiger partial charge in [0.1, 0.15) is 41.3 Å². The first-order chi connectivity index (χ1) is 20.6. The molecule has 16 nitrogen and oxygen atoms in total. The largest absolute Gasteiger partial charge is 0.477 e. The summed E-state index contributed by atoms with van der Waals surface area (Å²) in [7, 11) is 0. The molecular formula is C26H26N6O10S. The Morgan fingerprint density at radius 3 is 2.63 bits per heavy atom. The summed E-state index contributed by atoms with van der Waals surface area (Å²) in [6.45, 7) is 1.02. The van der Waals surface area contributed by atoms with E-state index < -0.39 is 53.3 Å². The van der Waals surface area contributed by atoms with Crippen molar-refractivity contribution in [1.29, 1.82) is 0 Å². The molecule has 5 heterocycles. The van der Waals surface area contributed by atoms with Crippen molar-refractivity contribution in [2.45, 2.75) is 30.8 Å². The molecule has 43 heavy (non-hydrogen) atoms. The van der Waals surface area contributed by atoms with E-state index in [9.17, 15) is 33.9 Å². The van der Waals surface area contributed by atoms with E-state index in [1.165, 1.54) is 37.4 Å². The van der Waals surface area contributed by atoms with Gasteiger partial charge in [-0.2, -0.15) is 5.10 Å². The lowest BCUT2D eigenvalue weighted by atomic mass is 10.0. The first-order valence-electron chi connectivity index (χ1n) is 13.0. The minimum absolute atomic E-state index is 0.00398. The van der Waals surface area contributed by atoms with Crippen molar-refractivity contribution in [2.75, 3.05) is 25.4 Å². The molecule has 0 radical (unpaired) electrons. The van der Waals surface area contributed by atoms with E-state index in [0.29, 0.717) is 11.5 Å². The van der Waals surface area contributed by atoms with E-state index in [-0.39, 0.29) is 43.1 Å². The monoisotopic (exact) mass is 614 g/mol. The molecule has 3 aliphatic rings. The predicted octanol–water partition coefficient (Wildman–Crippen LogP) is 0.567. The van der Waals surface area contributed by atoms with Gasteiger partial charge in [-0.3, -0.25) is 19.3 Å². The Balaban J connectivity index is 1.26. The predicted molar refractivity (Wildman–Crippen MR) is 146 cm³/mol. The zero-order chi connectivity index (χ0) is 30.7. The summed E-state index contributed by atoms with van der Waals surface area (Å²) in [5.41, 5.74) is -0.0457. The summed E-state index contributed by atoms with van der Waals surface area (Å²) in [4.78, 5) is 77.4. The Kier molecular flexibility index (Phi) is 8.51. The van der Waals surface area contributed by atoms with Crippen molar-refractivity contribution in [3.8, 4) is 0 Å². The lowest BCUT2D eigenvalue weighted by molar-refractivity contribution is -0.151. The second-order valence-electron chi connectivity index (χ2n) is 9.54. The summed E-state index contributed by atoms with van der Waals surface area (Å²) in [5, 5.41) is 19.3. The van der Waals surface area contributed by atoms with Crippen LogP contribution in [0.5, 0.6) is 0 Å². The normalized spacial score (nSPS) is 20.6. The number of amides is 6. The average Bonchev–Trinajstić information content (AvgIpc) is 3.75. The van der Waals surface area contributed by atoms with Crippen molar-refractivity contribution in [1.82, 2.24) is 25.4 Å². The van der Waals surface area contributed by atoms with E-state index >= 15 is 0 Å². The van der Waals surface area contributed by atoms with Crippen LogP contribution >= 0.6 is 11.8 Å². The maximum absolute atomic E-state index is 13.4. The molecule has 3 N–H and O–H groups in total. The van der Waals surface area contributed by atoms with Crippen LogP contribution in [0.4, 0.5) is 9.59 Å². The fraction of sp³-hybridized carbons (Fsp3) is 0.346. The number of thioether (sulfide) groups is 1. The van der Waals surface area contributed by atoms with Gasteiger partial charge in [-0.25, -0.2) is 24.3 Å². The maximum atomic E-state index is 13.4. The highest BCUT2D eigenvalue weighted by molar-refractivity contribution is 8.00. The van der Waals surface area contributed by atoms with Crippen LogP contribution in [0.25, 0.3) is 0 Å². The molecule has 2 aromatic rings. The van der Waals surface area contributed by atoms with E-state index in [4.69, 9.17) is 13.6 Å². The Bertz CT molecular complexity index is 1490. The van der Waals surface area contributed by atoms with Gasteiger partial charge in [0.2, 0.25) is 5.91 Å². The van der Waals surface area contributed by atoms with Crippen LogP contribution in [-0.4, -0.2) is 105 Å². The number of carboxylic acid groups (broad SMARTS) is 1. The number of hydrogen-bond donors (Lipinski definition) is 3. The highest BCUT2D eigenvalue weighted by Gasteiger charge is 2.54. The van der Waals surface area contributed by atoms with Crippen molar-refractivity contribution < 1.29 is 47.4 Å². The first kappa shape index (κ1) is 29.4. The number of ether oxygens (including phenoxy) is 1. The summed E-state index contributed by atoms with van der Waals surface area (Å²) in [6, 6.07) is 2.60. The summed E-state index contributed by atoms with van der Waals surface area (Å²) in [6.07, 6.45) is 4.08. The summed E-state index contributed by atoms with van der Waals surface area (Å²) in [5.74, 6) is -2.46. The summed E-state index contributed by atoms with van der Waals surface area (Å²) >= 11 is 1.20. The highest BCUT2D eigenvalue weighted by atomic mass is 32.2. The number of carboxylic acids is 1. The fourth-order valence-corrected chi connectivity index (χ4v) is 5.94. The molecule has 5 rings (SSSR count). The molecule has 3 aliphatic heterocycles. The molecule has 2 saturated heterocycles. The standard InChI is InChI=1S/C26H26N6O10S/c1-14(33)42-12-15-13-43-23-19(22(35)32(23)20(15)24(36)37)29-21(34)18(10-16-4-2-8-40-16)28-25(38)30-6-7-31(26(30)39)27-11-17-5-3-9-41-17/h2-5,8-9,11,18-19,23H,6-7,10,12-13H2,1H3,(H,28,38)(H,29,34)(H,36,37)/t18?,19?,23-/m1/s1. The third kappa shape index (κ3) is 6.25. The first-order valence-corrected chi connectivity index (χ1v) is 14.0. The molecule has 3 atom stereocenters. The molecule has 226 valence electrons. The molecule has 17 heteroatoms. The van der Waals surface area contributed by atoms with Crippen molar-refractivity contribution >= 4 is 53.8 Å². The Hall–Kier alpha value is -5.06. The van der Waals surface area contributed by atoms with Gasteiger partial charge < -0.3 is 29.3 Å². The van der Waals surface area contributed by atoms with Gasteiger partial charge in [0, 0.05) is 24.7 Å². The van der Waals surface area contributed by atoms with Crippen molar-refractivity contribution in [3.63, 3.8) is 0 Å². The minimum atomic E-state index is -1.37. The minimum Gasteiger partial charge on any atom is -0.477 e. The zero-order valence-corrected chi connectivity index (χ0v) is 23.4. The number of rotatable bonds is 10. The molecule has 0 spiro atoms. The Morgan fingerprint density at radius 2 is 1.95 bits per heavy atom. The zero-order valence-electron chi connectivity index (χ0n) is 22.6. The van der Waals surface area contributed by atoms with Crippen LogP contribution in [0.2, 0.25) is 0 Å². The van der Waals surface area contributed by atoms with Gasteiger partial charge in [0.05, 0.1) is 31.8 Å². The number of urea groups is 2. The number of aliphatic carboxylic acids is 1. The number of hydrogen-bond acceptors (Lipinski definition) is 11. The molecule has 0 aromatic carbocycles. The van der Waals surface area contributed by atoms with Crippen LogP contribution in [0.1, 0.15) is 18.4 Å². The van der Waals surface area contributed by atoms with Gasteiger partial charge in [-0.1, -0.05) is 0 Å². The number of esters is 1. The number of carbonyl (C=O) groups is 6. The number of nitrogens with one attached hydrogen (secondary N) is 2. The molecule has 2 unspecified atom stereocenters. The number of imide groups is 1. The van der Waals surface area contributed by atoms with Gasteiger partial charge in [-0.15, -0.1) is 11.8 Å². The van der Waals surface area contributed by atoms with E-state index in [1.807, 2.05) is 0 Å². The van der Waals surface area contributed by atoms with Gasteiger partial charge in [-0.05, 0) is 24.3 Å². The number of nitrogens with zero attached hydrogens (tertiary/aromatic N) is 4. The fourth-order valence-electron chi connectivity index (χ4n) is 4.62. The van der Waals surface area contributed by atoms with Crippen LogP contribution in [0, 0.1) is 0 Å². The lowest BCUT2D eigenvalue weighted by Gasteiger charge is -2.49. The third-order valence-corrected chi connectivity index (χ3v) is 8.04. The molecule has 0 saturated carbocycles. The van der Waals surface area contributed by atoms with Crippen LogP contribution in [0.15, 0.2) is 62.0 Å². The molecule has 0 bridgehead atoms. The quantitative estimate of drug-likeness (QED) is 0.192. The number of carbonyl (C=O) groups excluding carboxylic acids is 5. The Labute approximate surface area is 247 Å². The van der Waals surface area contributed by atoms with Crippen molar-refractivity contribution in [3.05, 3.63) is 59.6 Å². The number of fused-ring (bicyclic) bond motifs is 1. The van der Waals surface area contributed by atoms with E-state index in [1.54, 1.807) is 24.3 Å². The highest BCUT2D eigenvalue weighted by Crippen LogP contribution is 2.40. The van der Waals surface area contributed by atoms with Gasteiger partial charge >= 0.3 is 24.0 Å². The van der Waals surface area contributed by atoms with Gasteiger partial charge in [0.15, 0.2) is 0 Å². The second kappa shape index (κ2) is 12.4. The van der Waals surface area contributed by atoms with Crippen molar-refractivity contribution in [2.24, 2.45) is 5.10 Å². The number of hydrazone groups is 1. The van der Waals surface area contributed by atoms with Crippen LogP contribution < -0.4 is 10.6 Å². The Morgan fingerprint density at radius 1 is 1.19 bits per heavy atom. The lowest BCUT2D eigenvalue weighted by Crippen LogP contribution is -2.72. The topological polar surface area (TPSA) is 204 Å². The molecule has 6 amide bonds. The summed E-state index contributed by atoms with van der Waals surface area (Å²) < 4.78 is 15.4. The average molecular weight is 615 g/mol. The smallest absolute Gasteiger partial charge is 0.352 e. The number of β-lactam (4-membered cyclic amide) rings is 1. The molecule has 2 fully saturated rings. The SMILES string of the molecule is CC(=O)OCC1=C(C(=O)O)N2C(=O)C(NC(=O)C(Cc3ccco3)NC(=O)N3CCN(N=Cc4ccco4)C3=O)[C@H]2SC1. The number of furan rings is 2. The van der Waals surface area contributed by atoms with Crippen LogP contribution in [0.3, 0.4) is 0 Å². The van der Waals surface area contributed by atoms with Crippen LogP contribution in [-0.2, 0) is 30.3 Å². The molecule has 2 aromatic heterocycles. The van der Waals surface area contributed by atoms with E-state index in [0.717, 1.165) is 14.8 Å². The third-order valence-electron chi connectivity index (χ3n) is 6.70. The second-order valence-corrected chi connectivity index (χ2v) is 10.6. The molecule has 0 aliphatic carbocycles. The van der Waals surface area contributed by atoms with E-state index in [2.05, 4.69) is 15.7 Å².